The Morgan fingerprint density at radius 2 is 2.24 bits per heavy atom. The predicted molar refractivity (Wildman–Crippen MR) is 90.5 cm³/mol. The van der Waals surface area contributed by atoms with Crippen molar-refractivity contribution < 1.29 is 23.4 Å². The minimum atomic E-state index is -0.134. The zero-order valence-electron chi connectivity index (χ0n) is 14.0. The van der Waals surface area contributed by atoms with Crippen LogP contribution in [0.2, 0.25) is 0 Å². The van der Waals surface area contributed by atoms with Gasteiger partial charge >= 0.3 is 0 Å². The van der Waals surface area contributed by atoms with Crippen molar-refractivity contribution in [2.75, 3.05) is 27.0 Å². The van der Waals surface area contributed by atoms with Crippen LogP contribution in [0.3, 0.4) is 0 Å². The third kappa shape index (κ3) is 3.06. The molecule has 0 spiro atoms. The van der Waals surface area contributed by atoms with E-state index in [1.165, 1.54) is 0 Å². The molecule has 6 nitrogen and oxygen atoms in total. The Morgan fingerprint density at radius 1 is 1.32 bits per heavy atom. The summed E-state index contributed by atoms with van der Waals surface area (Å²) in [7, 11) is 1.70. The molecule has 2 aliphatic heterocycles. The minimum Gasteiger partial charge on any atom is -0.478 e. The van der Waals surface area contributed by atoms with Crippen LogP contribution in [0.15, 0.2) is 40.7 Å². The number of ether oxygens (including phenoxy) is 3. The minimum absolute atomic E-state index is 0.134. The molecule has 4 rings (SSSR count). The third-order valence-corrected chi connectivity index (χ3v) is 4.32. The highest BCUT2D eigenvalue weighted by atomic mass is 16.5. The molecule has 6 heteroatoms. The van der Waals surface area contributed by atoms with Gasteiger partial charge in [0.15, 0.2) is 5.76 Å². The van der Waals surface area contributed by atoms with Crippen molar-refractivity contribution in [1.82, 2.24) is 4.90 Å². The van der Waals surface area contributed by atoms with E-state index in [4.69, 9.17) is 18.6 Å². The summed E-state index contributed by atoms with van der Waals surface area (Å²) in [6.45, 7) is 2.78. The zero-order valence-corrected chi connectivity index (χ0v) is 14.0. The maximum absolute atomic E-state index is 12.6. The lowest BCUT2D eigenvalue weighted by molar-refractivity contribution is 0.0823. The van der Waals surface area contributed by atoms with Gasteiger partial charge in [0.25, 0.3) is 0 Å². The van der Waals surface area contributed by atoms with Gasteiger partial charge in [0.1, 0.15) is 24.0 Å². The third-order valence-electron chi connectivity index (χ3n) is 4.32. The molecule has 0 radical (unpaired) electrons. The molecule has 2 aromatic rings. The Kier molecular flexibility index (Phi) is 4.29. The Morgan fingerprint density at radius 3 is 3.04 bits per heavy atom. The summed E-state index contributed by atoms with van der Waals surface area (Å²) in [5.74, 6) is 2.09. The quantitative estimate of drug-likeness (QED) is 0.615. The summed E-state index contributed by atoms with van der Waals surface area (Å²) in [4.78, 5) is 14.8. The number of Topliss-reactive ketones (excluding diaryl/α,β-unsaturated/α-hetero) is 1. The molecule has 0 N–H and O–H groups in total. The average Bonchev–Trinajstić information content (AvgIpc) is 3.24. The second-order valence-corrected chi connectivity index (χ2v) is 6.05. The lowest BCUT2D eigenvalue weighted by Crippen LogP contribution is -2.33. The maximum Gasteiger partial charge on any atom is 0.232 e. The SMILES string of the molecule is COCCCN1COc2ccc3c(c2C1)O/C(=C\c1ccco1)C3=O. The van der Waals surface area contributed by atoms with Crippen LogP contribution >= 0.6 is 0 Å². The second-order valence-electron chi connectivity index (χ2n) is 6.05. The summed E-state index contributed by atoms with van der Waals surface area (Å²) in [6.07, 6.45) is 4.11. The van der Waals surface area contributed by atoms with Crippen LogP contribution < -0.4 is 9.47 Å². The molecular formula is C19H19NO5. The van der Waals surface area contributed by atoms with Gasteiger partial charge in [0.05, 0.1) is 17.4 Å². The van der Waals surface area contributed by atoms with Crippen molar-refractivity contribution in [3.8, 4) is 11.5 Å². The van der Waals surface area contributed by atoms with Crippen LogP contribution in [0.1, 0.15) is 28.1 Å². The molecule has 1 aromatic heterocycles. The highest BCUT2D eigenvalue weighted by Gasteiger charge is 2.33. The first kappa shape index (κ1) is 15.9. The number of benzene rings is 1. The molecule has 0 bridgehead atoms. The number of hydrogen-bond acceptors (Lipinski definition) is 6. The van der Waals surface area contributed by atoms with Gasteiger partial charge < -0.3 is 18.6 Å². The highest BCUT2D eigenvalue weighted by Crippen LogP contribution is 2.42. The Balaban J connectivity index is 1.59. The van der Waals surface area contributed by atoms with E-state index in [1.54, 1.807) is 37.6 Å². The van der Waals surface area contributed by atoms with Gasteiger partial charge in [-0.05, 0) is 30.7 Å². The molecule has 2 aliphatic rings. The van der Waals surface area contributed by atoms with Crippen LogP contribution in [0.4, 0.5) is 0 Å². The molecule has 130 valence electrons. The summed E-state index contributed by atoms with van der Waals surface area (Å²) >= 11 is 0. The average molecular weight is 341 g/mol. The number of carbonyl (C=O) groups is 1. The fraction of sp³-hybridized carbons (Fsp3) is 0.316. The second kappa shape index (κ2) is 6.74. The summed E-state index contributed by atoms with van der Waals surface area (Å²) in [6, 6.07) is 7.16. The number of ketones is 1. The zero-order chi connectivity index (χ0) is 17.2. The van der Waals surface area contributed by atoms with Gasteiger partial charge in [-0.25, -0.2) is 0 Å². The predicted octanol–water partition coefficient (Wildman–Crippen LogP) is 3.08. The molecule has 1 aromatic carbocycles. The molecule has 0 unspecified atom stereocenters. The van der Waals surface area contributed by atoms with Crippen LogP contribution in [-0.2, 0) is 11.3 Å². The lowest BCUT2D eigenvalue weighted by atomic mass is 10.0. The van der Waals surface area contributed by atoms with Crippen LogP contribution in [-0.4, -0.2) is 37.7 Å². The van der Waals surface area contributed by atoms with E-state index >= 15 is 0 Å². The molecule has 0 saturated carbocycles. The number of carbonyl (C=O) groups excluding carboxylic acids is 1. The summed E-state index contributed by atoms with van der Waals surface area (Å²) in [5.41, 5.74) is 1.48. The monoisotopic (exact) mass is 341 g/mol. The van der Waals surface area contributed by atoms with E-state index in [0.29, 0.717) is 37.0 Å². The van der Waals surface area contributed by atoms with Crippen molar-refractivity contribution in [1.29, 1.82) is 0 Å². The van der Waals surface area contributed by atoms with E-state index in [9.17, 15) is 4.79 Å². The lowest BCUT2D eigenvalue weighted by Gasteiger charge is -2.29. The first-order valence-corrected chi connectivity index (χ1v) is 8.24. The van der Waals surface area contributed by atoms with Crippen molar-refractivity contribution in [3.05, 3.63) is 53.2 Å². The number of fused-ring (bicyclic) bond motifs is 3. The number of methoxy groups -OCH3 is 1. The summed E-state index contributed by atoms with van der Waals surface area (Å²) < 4.78 is 22.1. The molecule has 0 atom stereocenters. The summed E-state index contributed by atoms with van der Waals surface area (Å²) in [5, 5.41) is 0. The van der Waals surface area contributed by atoms with Gasteiger partial charge in [-0.2, -0.15) is 0 Å². The largest absolute Gasteiger partial charge is 0.478 e. The van der Waals surface area contributed by atoms with Gasteiger partial charge in [0, 0.05) is 32.9 Å². The van der Waals surface area contributed by atoms with Gasteiger partial charge in [-0.15, -0.1) is 0 Å². The Labute approximate surface area is 145 Å². The van der Waals surface area contributed by atoms with E-state index in [2.05, 4.69) is 4.90 Å². The number of nitrogens with zero attached hydrogens (tertiary/aromatic N) is 1. The van der Waals surface area contributed by atoms with Crippen molar-refractivity contribution in [2.45, 2.75) is 13.0 Å². The topological polar surface area (TPSA) is 61.1 Å². The number of furan rings is 1. The van der Waals surface area contributed by atoms with E-state index in [1.807, 2.05) is 6.07 Å². The molecular weight excluding hydrogens is 322 g/mol. The van der Waals surface area contributed by atoms with Gasteiger partial charge in [-0.1, -0.05) is 0 Å². The maximum atomic E-state index is 12.6. The van der Waals surface area contributed by atoms with E-state index < -0.39 is 0 Å². The molecule has 0 fully saturated rings. The number of hydrogen-bond donors (Lipinski definition) is 0. The van der Waals surface area contributed by atoms with Gasteiger partial charge in [-0.3, -0.25) is 9.69 Å². The Bertz CT molecular complexity index is 809. The first-order chi connectivity index (χ1) is 12.3. The van der Waals surface area contributed by atoms with Gasteiger partial charge in [0.2, 0.25) is 5.78 Å². The van der Waals surface area contributed by atoms with Crippen molar-refractivity contribution >= 4 is 11.9 Å². The highest BCUT2D eigenvalue weighted by molar-refractivity contribution is 6.14. The first-order valence-electron chi connectivity index (χ1n) is 8.24. The van der Waals surface area contributed by atoms with Crippen molar-refractivity contribution in [2.24, 2.45) is 0 Å². The van der Waals surface area contributed by atoms with E-state index in [-0.39, 0.29) is 11.5 Å². The molecule has 0 saturated heterocycles. The van der Waals surface area contributed by atoms with Crippen LogP contribution in [0.25, 0.3) is 6.08 Å². The smallest absolute Gasteiger partial charge is 0.232 e. The Hall–Kier alpha value is -2.57. The molecule has 25 heavy (non-hydrogen) atoms. The fourth-order valence-electron chi connectivity index (χ4n) is 3.08. The number of rotatable bonds is 5. The molecule has 3 heterocycles. The molecule has 0 aliphatic carbocycles. The normalized spacial score (nSPS) is 18.0. The standard InChI is InChI=1S/C19H19NO5/c1-22-8-3-7-20-11-15-16(24-12-20)6-5-14-18(21)17(25-19(14)15)10-13-4-2-9-23-13/h2,4-6,9-10H,3,7-8,11-12H2,1H3/b17-10-. The number of allylic oxidation sites excluding steroid dienone is 1. The van der Waals surface area contributed by atoms with E-state index in [0.717, 1.165) is 24.3 Å². The van der Waals surface area contributed by atoms with Crippen molar-refractivity contribution in [3.63, 3.8) is 0 Å². The molecule has 0 amide bonds. The van der Waals surface area contributed by atoms with Crippen LogP contribution in [0, 0.1) is 0 Å². The van der Waals surface area contributed by atoms with Crippen LogP contribution in [0.5, 0.6) is 11.5 Å². The fourth-order valence-corrected chi connectivity index (χ4v) is 3.08.